The Morgan fingerprint density at radius 1 is 0.919 bits per heavy atom. The van der Waals surface area contributed by atoms with Crippen LogP contribution in [0, 0.1) is 0 Å². The van der Waals surface area contributed by atoms with Crippen LogP contribution in [0.3, 0.4) is 0 Å². The molecule has 0 saturated heterocycles. The first-order chi connectivity index (χ1) is 17.9. The summed E-state index contributed by atoms with van der Waals surface area (Å²) in [7, 11) is 0. The van der Waals surface area contributed by atoms with Gasteiger partial charge >= 0.3 is 0 Å². The molecule has 3 aromatic carbocycles. The molecule has 1 aliphatic carbocycles. The zero-order chi connectivity index (χ0) is 25.9. The Bertz CT molecular complexity index is 1520. The molecule has 5 rings (SSSR count). The third kappa shape index (κ3) is 5.80. The van der Waals surface area contributed by atoms with Gasteiger partial charge in [0.2, 0.25) is 0 Å². The summed E-state index contributed by atoms with van der Waals surface area (Å²) in [5.74, 6) is 1.23. The molecule has 0 amide bonds. The smallest absolute Gasteiger partial charge is 0.282 e. The molecule has 1 aromatic heterocycles. The average Bonchev–Trinajstić information content (AvgIpc) is 2.90. The Kier molecular flexibility index (Phi) is 8.06. The van der Waals surface area contributed by atoms with Gasteiger partial charge in [-0.15, -0.1) is 0 Å². The lowest BCUT2D eigenvalue weighted by Gasteiger charge is -2.22. The lowest BCUT2D eigenvalue weighted by Crippen LogP contribution is -2.25. The van der Waals surface area contributed by atoms with Gasteiger partial charge in [0.25, 0.3) is 5.56 Å². The summed E-state index contributed by atoms with van der Waals surface area (Å²) < 4.78 is 7.28. The van der Waals surface area contributed by atoms with Gasteiger partial charge in [-0.2, -0.15) is 9.78 Å². The SMILES string of the molecule is O=c1c2ccccc2nc(C2CCCCC2)n1N=Cc1cc(Cl)c(OCc2ccc(Cl)c(Cl)c2)c(Cl)c1. The summed E-state index contributed by atoms with van der Waals surface area (Å²) in [5.41, 5.74) is 1.95. The fourth-order valence-corrected chi connectivity index (χ4v) is 5.51. The van der Waals surface area contributed by atoms with Gasteiger partial charge < -0.3 is 4.74 Å². The molecular weight excluding hydrogens is 552 g/mol. The number of hydrogen-bond donors (Lipinski definition) is 0. The Hall–Kier alpha value is -2.57. The molecule has 0 radical (unpaired) electrons. The second-order valence-electron chi connectivity index (χ2n) is 9.03. The van der Waals surface area contributed by atoms with Crippen molar-refractivity contribution in [1.82, 2.24) is 9.66 Å². The number of nitrogens with zero attached hydrogens (tertiary/aromatic N) is 3. The molecule has 9 heteroatoms. The molecule has 190 valence electrons. The third-order valence-corrected chi connectivity index (χ3v) is 7.76. The largest absolute Gasteiger partial charge is 0.486 e. The van der Waals surface area contributed by atoms with Crippen LogP contribution in [-0.4, -0.2) is 15.9 Å². The molecule has 1 aliphatic rings. The van der Waals surface area contributed by atoms with E-state index in [-0.39, 0.29) is 18.1 Å². The third-order valence-electron chi connectivity index (χ3n) is 6.46. The van der Waals surface area contributed by atoms with Gasteiger partial charge in [-0.05, 0) is 60.4 Å². The molecule has 1 heterocycles. The van der Waals surface area contributed by atoms with Crippen molar-refractivity contribution in [2.45, 2.75) is 44.6 Å². The van der Waals surface area contributed by atoms with Gasteiger partial charge in [0.05, 0.1) is 37.2 Å². The number of hydrogen-bond acceptors (Lipinski definition) is 4. The zero-order valence-corrected chi connectivity index (χ0v) is 22.8. The molecular formula is C28H23Cl4N3O2. The van der Waals surface area contributed by atoms with E-state index in [9.17, 15) is 4.79 Å². The van der Waals surface area contributed by atoms with Crippen LogP contribution in [0.1, 0.15) is 55.0 Å². The monoisotopic (exact) mass is 573 g/mol. The van der Waals surface area contributed by atoms with E-state index in [4.69, 9.17) is 56.1 Å². The first-order valence-electron chi connectivity index (χ1n) is 12.0. The number of halogens is 4. The molecule has 0 bridgehead atoms. The lowest BCUT2D eigenvalue weighted by atomic mass is 9.88. The Balaban J connectivity index is 1.44. The van der Waals surface area contributed by atoms with E-state index in [0.29, 0.717) is 48.1 Å². The second-order valence-corrected chi connectivity index (χ2v) is 10.7. The van der Waals surface area contributed by atoms with Crippen LogP contribution in [0.2, 0.25) is 20.1 Å². The molecule has 0 spiro atoms. The van der Waals surface area contributed by atoms with Gasteiger partial charge in [0, 0.05) is 5.92 Å². The average molecular weight is 575 g/mol. The maximum absolute atomic E-state index is 13.4. The topological polar surface area (TPSA) is 56.5 Å². The van der Waals surface area contributed by atoms with Crippen molar-refractivity contribution >= 4 is 63.5 Å². The lowest BCUT2D eigenvalue weighted by molar-refractivity contribution is 0.306. The highest BCUT2D eigenvalue weighted by Crippen LogP contribution is 2.35. The molecule has 0 aliphatic heterocycles. The van der Waals surface area contributed by atoms with Crippen LogP contribution in [0.5, 0.6) is 5.75 Å². The first kappa shape index (κ1) is 26.1. The molecule has 5 nitrogen and oxygen atoms in total. The summed E-state index contributed by atoms with van der Waals surface area (Å²) in [4.78, 5) is 18.2. The Labute approximate surface area is 234 Å². The summed E-state index contributed by atoms with van der Waals surface area (Å²) >= 11 is 25.1. The zero-order valence-electron chi connectivity index (χ0n) is 19.8. The van der Waals surface area contributed by atoms with Crippen LogP contribution in [0.15, 0.2) is 64.5 Å². The van der Waals surface area contributed by atoms with Crippen LogP contribution < -0.4 is 10.3 Å². The summed E-state index contributed by atoms with van der Waals surface area (Å²) in [6, 6.07) is 16.0. The number of benzene rings is 3. The minimum atomic E-state index is -0.193. The first-order valence-corrected chi connectivity index (χ1v) is 13.5. The van der Waals surface area contributed by atoms with Crippen molar-refractivity contribution in [3.8, 4) is 5.75 Å². The van der Waals surface area contributed by atoms with E-state index < -0.39 is 0 Å². The highest BCUT2D eigenvalue weighted by atomic mass is 35.5. The minimum Gasteiger partial charge on any atom is -0.486 e. The van der Waals surface area contributed by atoms with Crippen molar-refractivity contribution in [3.63, 3.8) is 0 Å². The van der Waals surface area contributed by atoms with Gasteiger partial charge in [-0.25, -0.2) is 4.98 Å². The summed E-state index contributed by atoms with van der Waals surface area (Å²) in [6.07, 6.45) is 6.99. The molecule has 0 unspecified atom stereocenters. The van der Waals surface area contributed by atoms with E-state index >= 15 is 0 Å². The maximum Gasteiger partial charge on any atom is 0.282 e. The van der Waals surface area contributed by atoms with Crippen LogP contribution >= 0.6 is 46.4 Å². The van der Waals surface area contributed by atoms with E-state index in [1.165, 1.54) is 11.1 Å². The van der Waals surface area contributed by atoms with Crippen LogP contribution in [0.4, 0.5) is 0 Å². The van der Waals surface area contributed by atoms with E-state index in [0.717, 1.165) is 31.2 Å². The van der Waals surface area contributed by atoms with Crippen molar-refractivity contribution in [2.24, 2.45) is 5.10 Å². The minimum absolute atomic E-state index is 0.188. The van der Waals surface area contributed by atoms with Crippen molar-refractivity contribution in [1.29, 1.82) is 0 Å². The molecule has 1 saturated carbocycles. The number of fused-ring (bicyclic) bond motifs is 1. The van der Waals surface area contributed by atoms with Gasteiger partial charge in [0.15, 0.2) is 5.75 Å². The highest BCUT2D eigenvalue weighted by molar-refractivity contribution is 6.42. The van der Waals surface area contributed by atoms with E-state index in [1.54, 1.807) is 36.5 Å². The molecule has 1 fully saturated rings. The van der Waals surface area contributed by atoms with Crippen molar-refractivity contribution in [3.05, 3.63) is 102 Å². The van der Waals surface area contributed by atoms with Crippen LogP contribution in [-0.2, 0) is 6.61 Å². The number of ether oxygens (including phenoxy) is 1. The van der Waals surface area contributed by atoms with Crippen molar-refractivity contribution in [2.75, 3.05) is 0 Å². The molecule has 0 atom stereocenters. The Morgan fingerprint density at radius 3 is 2.38 bits per heavy atom. The quantitative estimate of drug-likeness (QED) is 0.217. The highest BCUT2D eigenvalue weighted by Gasteiger charge is 2.22. The van der Waals surface area contributed by atoms with Crippen LogP contribution in [0.25, 0.3) is 10.9 Å². The summed E-state index contributed by atoms with van der Waals surface area (Å²) in [5, 5.41) is 6.65. The summed E-state index contributed by atoms with van der Waals surface area (Å²) in [6.45, 7) is 0.215. The van der Waals surface area contributed by atoms with Gasteiger partial charge in [-0.3, -0.25) is 4.79 Å². The number of para-hydroxylation sites is 1. The van der Waals surface area contributed by atoms with Crippen molar-refractivity contribution < 1.29 is 4.74 Å². The normalized spacial score (nSPS) is 14.5. The van der Waals surface area contributed by atoms with Gasteiger partial charge in [0.1, 0.15) is 12.4 Å². The molecule has 0 N–H and O–H groups in total. The fourth-order valence-electron chi connectivity index (χ4n) is 4.58. The molecule has 4 aromatic rings. The number of rotatable bonds is 6. The van der Waals surface area contributed by atoms with Gasteiger partial charge in [-0.1, -0.05) is 83.9 Å². The van der Waals surface area contributed by atoms with E-state index in [1.807, 2.05) is 24.3 Å². The molecule has 37 heavy (non-hydrogen) atoms. The second kappa shape index (κ2) is 11.4. The standard InChI is InChI=1S/C28H23Cl4N3O2/c29-21-11-10-17(12-22(21)30)16-37-26-23(31)13-18(14-24(26)32)15-33-35-27(19-6-2-1-3-7-19)34-25-9-5-4-8-20(25)28(35)36/h4-5,8-15,19H,1-3,6-7,16H2. The Morgan fingerprint density at radius 2 is 1.65 bits per heavy atom. The predicted molar refractivity (Wildman–Crippen MR) is 152 cm³/mol. The predicted octanol–water partition coefficient (Wildman–Crippen LogP) is 8.52. The fraction of sp³-hybridized carbons (Fsp3) is 0.250. The maximum atomic E-state index is 13.4. The number of aromatic nitrogens is 2. The van der Waals surface area contributed by atoms with E-state index in [2.05, 4.69) is 5.10 Å².